The number of amides is 1. The second-order valence-corrected chi connectivity index (χ2v) is 8.09. The molecule has 1 N–H and O–H groups in total. The van der Waals surface area contributed by atoms with Crippen LogP contribution in [0.1, 0.15) is 54.9 Å². The Kier molecular flexibility index (Phi) is 6.09. The molecule has 2 aromatic rings. The van der Waals surface area contributed by atoms with E-state index in [0.717, 1.165) is 75.6 Å². The van der Waals surface area contributed by atoms with Gasteiger partial charge in [-0.15, -0.1) is 0 Å². The number of hydrogen-bond acceptors (Lipinski definition) is 5. The average molecular weight is 394 g/mol. The van der Waals surface area contributed by atoms with Gasteiger partial charge in [0.25, 0.3) is 0 Å². The highest BCUT2D eigenvalue weighted by molar-refractivity contribution is 5.73. The summed E-state index contributed by atoms with van der Waals surface area (Å²) in [5.74, 6) is 1.85. The number of fused-ring (bicyclic) bond motifs is 1. The van der Waals surface area contributed by atoms with Gasteiger partial charge in [-0.1, -0.05) is 30.3 Å². The Morgan fingerprint density at radius 1 is 1.17 bits per heavy atom. The predicted octanol–water partition coefficient (Wildman–Crippen LogP) is 3.19. The molecule has 1 fully saturated rings. The highest BCUT2D eigenvalue weighted by Crippen LogP contribution is 2.32. The molecule has 154 valence electrons. The zero-order chi connectivity index (χ0) is 20.2. The first-order chi connectivity index (χ1) is 14.2. The van der Waals surface area contributed by atoms with Gasteiger partial charge in [0.2, 0.25) is 5.91 Å². The zero-order valence-corrected chi connectivity index (χ0v) is 17.5. The molecule has 1 saturated heterocycles. The molecular weight excluding hydrogens is 362 g/mol. The maximum atomic E-state index is 12.1. The van der Waals surface area contributed by atoms with E-state index in [2.05, 4.69) is 40.5 Å². The molecule has 1 aromatic heterocycles. The molecule has 0 unspecified atom stereocenters. The second kappa shape index (κ2) is 8.91. The van der Waals surface area contributed by atoms with Crippen molar-refractivity contribution in [3.8, 4) is 0 Å². The lowest BCUT2D eigenvalue weighted by Crippen LogP contribution is -2.39. The number of anilines is 1. The van der Waals surface area contributed by atoms with Crippen molar-refractivity contribution in [3.05, 3.63) is 53.0 Å². The molecule has 1 aromatic carbocycles. The van der Waals surface area contributed by atoms with Crippen LogP contribution >= 0.6 is 0 Å². The summed E-state index contributed by atoms with van der Waals surface area (Å²) in [7, 11) is 1.93. The standard InChI is InChI=1S/C23H31N5O/c1-17(29)28-13-7-6-10-21(28)23-25-20-12-15-27(16-19(20)22(24-2)26-23)14-11-18-8-4-3-5-9-18/h3-5,8-9,21H,6-7,10-16H2,1-2H3,(H,24,25,26)/t21-/m1/s1. The van der Waals surface area contributed by atoms with Crippen LogP contribution in [0.25, 0.3) is 0 Å². The van der Waals surface area contributed by atoms with Crippen LogP contribution in [-0.4, -0.2) is 52.4 Å². The fraction of sp³-hybridized carbons (Fsp3) is 0.522. The Labute approximate surface area is 173 Å². The maximum Gasteiger partial charge on any atom is 0.220 e. The van der Waals surface area contributed by atoms with Crippen LogP contribution in [0.3, 0.4) is 0 Å². The third-order valence-corrected chi connectivity index (χ3v) is 6.16. The van der Waals surface area contributed by atoms with Crippen molar-refractivity contribution < 1.29 is 4.79 Å². The fourth-order valence-electron chi connectivity index (χ4n) is 4.54. The van der Waals surface area contributed by atoms with Crippen molar-refractivity contribution >= 4 is 11.7 Å². The molecule has 0 radical (unpaired) electrons. The largest absolute Gasteiger partial charge is 0.373 e. The van der Waals surface area contributed by atoms with E-state index in [9.17, 15) is 4.79 Å². The van der Waals surface area contributed by atoms with Crippen LogP contribution in [0.15, 0.2) is 30.3 Å². The van der Waals surface area contributed by atoms with Crippen molar-refractivity contribution in [1.29, 1.82) is 0 Å². The number of nitrogens with zero attached hydrogens (tertiary/aromatic N) is 4. The van der Waals surface area contributed by atoms with Crippen molar-refractivity contribution in [1.82, 2.24) is 19.8 Å². The van der Waals surface area contributed by atoms with Crippen LogP contribution in [0.5, 0.6) is 0 Å². The molecule has 1 amide bonds. The monoisotopic (exact) mass is 393 g/mol. The molecule has 4 rings (SSSR count). The predicted molar refractivity (Wildman–Crippen MR) is 115 cm³/mol. The van der Waals surface area contributed by atoms with Crippen molar-refractivity contribution in [2.24, 2.45) is 0 Å². The molecular formula is C23H31N5O. The molecule has 6 heteroatoms. The normalized spacial score (nSPS) is 19.7. The first-order valence-corrected chi connectivity index (χ1v) is 10.8. The number of hydrogen-bond donors (Lipinski definition) is 1. The van der Waals surface area contributed by atoms with E-state index in [-0.39, 0.29) is 11.9 Å². The number of aromatic nitrogens is 2. The lowest BCUT2D eigenvalue weighted by Gasteiger charge is -2.35. The number of piperidine rings is 1. The highest BCUT2D eigenvalue weighted by Gasteiger charge is 2.30. The van der Waals surface area contributed by atoms with Gasteiger partial charge in [0.05, 0.1) is 11.7 Å². The summed E-state index contributed by atoms with van der Waals surface area (Å²) in [4.78, 5) is 26.4. The van der Waals surface area contributed by atoms with E-state index >= 15 is 0 Å². The van der Waals surface area contributed by atoms with Gasteiger partial charge in [0, 0.05) is 52.1 Å². The summed E-state index contributed by atoms with van der Waals surface area (Å²) in [6.45, 7) is 5.39. The molecule has 0 bridgehead atoms. The smallest absolute Gasteiger partial charge is 0.220 e. The van der Waals surface area contributed by atoms with E-state index in [1.807, 2.05) is 11.9 Å². The topological polar surface area (TPSA) is 61.4 Å². The highest BCUT2D eigenvalue weighted by atomic mass is 16.2. The Morgan fingerprint density at radius 2 is 2.00 bits per heavy atom. The van der Waals surface area contributed by atoms with E-state index < -0.39 is 0 Å². The third-order valence-electron chi connectivity index (χ3n) is 6.16. The van der Waals surface area contributed by atoms with Gasteiger partial charge >= 0.3 is 0 Å². The van der Waals surface area contributed by atoms with Gasteiger partial charge in [-0.3, -0.25) is 9.69 Å². The van der Waals surface area contributed by atoms with Crippen molar-refractivity contribution in [2.75, 3.05) is 32.0 Å². The maximum absolute atomic E-state index is 12.1. The van der Waals surface area contributed by atoms with E-state index in [4.69, 9.17) is 9.97 Å². The summed E-state index contributed by atoms with van der Waals surface area (Å²) in [6.07, 6.45) is 5.12. The van der Waals surface area contributed by atoms with Gasteiger partial charge in [0.1, 0.15) is 5.82 Å². The number of carbonyl (C=O) groups excluding carboxylic acids is 1. The summed E-state index contributed by atoms with van der Waals surface area (Å²) in [6, 6.07) is 10.7. The Bertz CT molecular complexity index is 837. The third kappa shape index (κ3) is 4.42. The van der Waals surface area contributed by atoms with Gasteiger partial charge in [-0.2, -0.15) is 0 Å². The van der Waals surface area contributed by atoms with E-state index in [1.54, 1.807) is 6.92 Å². The van der Waals surface area contributed by atoms with Gasteiger partial charge < -0.3 is 10.2 Å². The molecule has 6 nitrogen and oxygen atoms in total. The first kappa shape index (κ1) is 19.8. The molecule has 2 aliphatic rings. The second-order valence-electron chi connectivity index (χ2n) is 8.09. The van der Waals surface area contributed by atoms with E-state index in [1.165, 1.54) is 11.1 Å². The number of nitrogens with one attached hydrogen (secondary N) is 1. The van der Waals surface area contributed by atoms with Crippen LogP contribution in [0.4, 0.5) is 5.82 Å². The zero-order valence-electron chi connectivity index (χ0n) is 17.5. The lowest BCUT2D eigenvalue weighted by molar-refractivity contribution is -0.132. The number of benzene rings is 1. The van der Waals surface area contributed by atoms with Gasteiger partial charge in [-0.05, 0) is 31.2 Å². The average Bonchev–Trinajstić information content (AvgIpc) is 2.77. The Balaban J connectivity index is 1.52. The van der Waals surface area contributed by atoms with Crippen LogP contribution in [-0.2, 0) is 24.2 Å². The lowest BCUT2D eigenvalue weighted by atomic mass is 9.99. The van der Waals surface area contributed by atoms with Crippen molar-refractivity contribution in [3.63, 3.8) is 0 Å². The molecule has 29 heavy (non-hydrogen) atoms. The fourth-order valence-corrected chi connectivity index (χ4v) is 4.54. The number of likely N-dealkylation sites (tertiary alicyclic amines) is 1. The summed E-state index contributed by atoms with van der Waals surface area (Å²) >= 11 is 0. The number of carbonyl (C=O) groups is 1. The van der Waals surface area contributed by atoms with Gasteiger partial charge in [-0.25, -0.2) is 9.97 Å². The summed E-state index contributed by atoms with van der Waals surface area (Å²) in [5, 5.41) is 3.29. The summed E-state index contributed by atoms with van der Waals surface area (Å²) in [5.41, 5.74) is 3.73. The van der Waals surface area contributed by atoms with Crippen molar-refractivity contribution in [2.45, 2.75) is 51.6 Å². The number of rotatable bonds is 5. The van der Waals surface area contributed by atoms with E-state index in [0.29, 0.717) is 0 Å². The molecule has 3 heterocycles. The molecule has 0 spiro atoms. The minimum Gasteiger partial charge on any atom is -0.373 e. The Morgan fingerprint density at radius 3 is 2.76 bits per heavy atom. The summed E-state index contributed by atoms with van der Waals surface area (Å²) < 4.78 is 0. The SMILES string of the molecule is CNc1nc([C@H]2CCCCN2C(C)=O)nc2c1CN(CCc1ccccc1)CC2. The van der Waals surface area contributed by atoms with Crippen LogP contribution in [0, 0.1) is 0 Å². The minimum absolute atomic E-state index is 0.00904. The van der Waals surface area contributed by atoms with Crippen LogP contribution in [0.2, 0.25) is 0 Å². The quantitative estimate of drug-likeness (QED) is 0.845. The molecule has 1 atom stereocenters. The Hall–Kier alpha value is -2.47. The first-order valence-electron chi connectivity index (χ1n) is 10.8. The van der Waals surface area contributed by atoms with Gasteiger partial charge in [0.15, 0.2) is 5.82 Å². The molecule has 0 saturated carbocycles. The molecule has 2 aliphatic heterocycles. The molecule has 0 aliphatic carbocycles. The minimum atomic E-state index is 0.00904. The van der Waals surface area contributed by atoms with Crippen LogP contribution < -0.4 is 5.32 Å².